The van der Waals surface area contributed by atoms with Gasteiger partial charge in [0, 0.05) is 5.56 Å². The first kappa shape index (κ1) is 12.4. The third-order valence-corrected chi connectivity index (χ3v) is 3.66. The van der Waals surface area contributed by atoms with Gasteiger partial charge in [-0.2, -0.15) is 0 Å². The fourth-order valence-electron chi connectivity index (χ4n) is 1.75. The van der Waals surface area contributed by atoms with E-state index in [9.17, 15) is 15.0 Å². The summed E-state index contributed by atoms with van der Waals surface area (Å²) in [6.07, 6.45) is 0. The summed E-state index contributed by atoms with van der Waals surface area (Å²) < 4.78 is 0.797. The zero-order valence-electron chi connectivity index (χ0n) is 10.2. The number of phenolic OH excluding ortho intramolecular Hbond substituents is 2. The van der Waals surface area contributed by atoms with Gasteiger partial charge in [-0.1, -0.05) is 11.3 Å². The molecule has 0 atom stereocenters. The maximum Gasteiger partial charge on any atom is 0.257 e. The van der Waals surface area contributed by atoms with Gasteiger partial charge in [0.25, 0.3) is 5.91 Å². The van der Waals surface area contributed by atoms with E-state index in [4.69, 9.17) is 0 Å². The topological polar surface area (TPSA) is 82.5 Å². The molecule has 0 aliphatic rings. The molecule has 0 radical (unpaired) electrons. The number of aromatic nitrogens is 1. The molecule has 2 aromatic carbocycles. The monoisotopic (exact) mass is 286 g/mol. The molecule has 5 nitrogen and oxygen atoms in total. The van der Waals surface area contributed by atoms with Gasteiger partial charge in [-0.25, -0.2) is 4.98 Å². The minimum Gasteiger partial charge on any atom is -0.508 e. The molecule has 20 heavy (non-hydrogen) atoms. The predicted molar refractivity (Wildman–Crippen MR) is 77.3 cm³/mol. The van der Waals surface area contributed by atoms with E-state index in [2.05, 4.69) is 10.3 Å². The van der Waals surface area contributed by atoms with Gasteiger partial charge in [-0.3, -0.25) is 10.1 Å². The van der Waals surface area contributed by atoms with Crippen LogP contribution < -0.4 is 5.32 Å². The zero-order valence-corrected chi connectivity index (χ0v) is 11.0. The smallest absolute Gasteiger partial charge is 0.257 e. The van der Waals surface area contributed by atoms with Crippen molar-refractivity contribution in [3.63, 3.8) is 0 Å². The van der Waals surface area contributed by atoms with Crippen LogP contribution in [0.2, 0.25) is 0 Å². The lowest BCUT2D eigenvalue weighted by Crippen LogP contribution is -2.11. The predicted octanol–water partition coefficient (Wildman–Crippen LogP) is 2.96. The molecule has 0 spiro atoms. The number of hydrogen-bond acceptors (Lipinski definition) is 5. The number of hydrogen-bond donors (Lipinski definition) is 3. The van der Waals surface area contributed by atoms with Crippen molar-refractivity contribution < 1.29 is 15.0 Å². The quantitative estimate of drug-likeness (QED) is 0.676. The molecule has 0 aliphatic heterocycles. The first-order chi connectivity index (χ1) is 9.61. The van der Waals surface area contributed by atoms with E-state index in [1.54, 1.807) is 18.2 Å². The number of anilines is 1. The first-order valence-corrected chi connectivity index (χ1v) is 6.63. The Morgan fingerprint density at radius 3 is 2.50 bits per heavy atom. The fourth-order valence-corrected chi connectivity index (χ4v) is 2.64. The van der Waals surface area contributed by atoms with Crippen LogP contribution in [-0.4, -0.2) is 21.1 Å². The Morgan fingerprint density at radius 1 is 1.05 bits per heavy atom. The van der Waals surface area contributed by atoms with Gasteiger partial charge in [-0.05, 0) is 42.5 Å². The summed E-state index contributed by atoms with van der Waals surface area (Å²) in [5.74, 6) is -0.0251. The van der Waals surface area contributed by atoms with Crippen molar-refractivity contribution in [3.8, 4) is 11.5 Å². The highest BCUT2D eigenvalue weighted by Crippen LogP contribution is 2.29. The molecule has 3 aromatic rings. The highest BCUT2D eigenvalue weighted by atomic mass is 32.1. The van der Waals surface area contributed by atoms with Crippen molar-refractivity contribution in [2.24, 2.45) is 0 Å². The van der Waals surface area contributed by atoms with Crippen LogP contribution in [0.4, 0.5) is 5.13 Å². The van der Waals surface area contributed by atoms with Gasteiger partial charge in [0.1, 0.15) is 11.5 Å². The molecule has 0 saturated carbocycles. The molecule has 0 saturated heterocycles. The second-order valence-corrected chi connectivity index (χ2v) is 5.20. The summed E-state index contributed by atoms with van der Waals surface area (Å²) in [6, 6.07) is 10.8. The highest BCUT2D eigenvalue weighted by molar-refractivity contribution is 7.22. The Bertz CT molecular complexity index is 781. The number of carbonyl (C=O) groups is 1. The second-order valence-electron chi connectivity index (χ2n) is 4.17. The minimum absolute atomic E-state index is 0.108. The second kappa shape index (κ2) is 4.82. The number of nitrogens with zero attached hydrogens (tertiary/aromatic N) is 1. The third-order valence-electron chi connectivity index (χ3n) is 2.72. The van der Waals surface area contributed by atoms with E-state index in [1.807, 2.05) is 0 Å². The fraction of sp³-hybridized carbons (Fsp3) is 0. The Kier molecular flexibility index (Phi) is 3.00. The Labute approximate surface area is 118 Å². The van der Waals surface area contributed by atoms with E-state index >= 15 is 0 Å². The van der Waals surface area contributed by atoms with E-state index in [0.717, 1.165) is 4.70 Å². The molecule has 0 unspecified atom stereocenters. The Morgan fingerprint density at radius 2 is 1.75 bits per heavy atom. The summed E-state index contributed by atoms with van der Waals surface area (Å²) in [5.41, 5.74) is 1.15. The van der Waals surface area contributed by atoms with E-state index in [-0.39, 0.29) is 17.4 Å². The molecule has 0 aliphatic carbocycles. The van der Waals surface area contributed by atoms with Crippen molar-refractivity contribution in [1.29, 1.82) is 0 Å². The molecule has 3 rings (SSSR count). The molecule has 1 amide bonds. The number of carbonyl (C=O) groups excluding carboxylic acids is 1. The lowest BCUT2D eigenvalue weighted by atomic mass is 10.2. The summed E-state index contributed by atoms with van der Waals surface area (Å²) in [6.45, 7) is 0. The van der Waals surface area contributed by atoms with E-state index < -0.39 is 0 Å². The van der Waals surface area contributed by atoms with Crippen molar-refractivity contribution in [2.75, 3.05) is 5.32 Å². The van der Waals surface area contributed by atoms with Gasteiger partial charge in [0.05, 0.1) is 10.2 Å². The van der Waals surface area contributed by atoms with E-state index in [1.165, 1.54) is 35.6 Å². The van der Waals surface area contributed by atoms with Crippen LogP contribution in [0, 0.1) is 0 Å². The Balaban J connectivity index is 1.85. The van der Waals surface area contributed by atoms with E-state index in [0.29, 0.717) is 16.2 Å². The zero-order chi connectivity index (χ0) is 14.1. The van der Waals surface area contributed by atoms with Crippen molar-refractivity contribution >= 4 is 32.6 Å². The summed E-state index contributed by atoms with van der Waals surface area (Å²) in [7, 11) is 0. The summed E-state index contributed by atoms with van der Waals surface area (Å²) >= 11 is 1.29. The molecule has 0 fully saturated rings. The largest absolute Gasteiger partial charge is 0.508 e. The number of thiazole rings is 1. The Hall–Kier alpha value is -2.60. The van der Waals surface area contributed by atoms with Crippen LogP contribution in [0.25, 0.3) is 10.2 Å². The molecular formula is C14H10N2O3S. The molecule has 100 valence electrons. The molecule has 3 N–H and O–H groups in total. The molecule has 1 aromatic heterocycles. The van der Waals surface area contributed by atoms with Crippen LogP contribution in [0.5, 0.6) is 11.5 Å². The first-order valence-electron chi connectivity index (χ1n) is 5.82. The van der Waals surface area contributed by atoms with Crippen LogP contribution >= 0.6 is 11.3 Å². The highest BCUT2D eigenvalue weighted by Gasteiger charge is 2.10. The van der Waals surface area contributed by atoms with Gasteiger partial charge in [0.2, 0.25) is 0 Å². The summed E-state index contributed by atoms with van der Waals surface area (Å²) in [5, 5.41) is 21.7. The van der Waals surface area contributed by atoms with Crippen molar-refractivity contribution in [2.45, 2.75) is 0 Å². The normalized spacial score (nSPS) is 10.6. The third kappa shape index (κ3) is 2.41. The number of aromatic hydroxyl groups is 2. The number of amides is 1. The van der Waals surface area contributed by atoms with Crippen LogP contribution in [0.15, 0.2) is 42.5 Å². The summed E-state index contributed by atoms with van der Waals surface area (Å²) in [4.78, 5) is 16.3. The average Bonchev–Trinajstić information content (AvgIpc) is 2.80. The number of phenols is 2. The SMILES string of the molecule is O=C(Nc1nc2ccc(O)cc2s1)c1ccc(O)cc1. The lowest BCUT2D eigenvalue weighted by Gasteiger charge is -2.01. The van der Waals surface area contributed by atoms with Crippen LogP contribution in [0.3, 0.4) is 0 Å². The van der Waals surface area contributed by atoms with Gasteiger partial charge < -0.3 is 10.2 Å². The molecule has 0 bridgehead atoms. The maximum absolute atomic E-state index is 12.0. The number of rotatable bonds is 2. The average molecular weight is 286 g/mol. The van der Waals surface area contributed by atoms with Crippen LogP contribution in [0.1, 0.15) is 10.4 Å². The molecule has 1 heterocycles. The lowest BCUT2D eigenvalue weighted by molar-refractivity contribution is 0.102. The van der Waals surface area contributed by atoms with Gasteiger partial charge in [-0.15, -0.1) is 0 Å². The van der Waals surface area contributed by atoms with Crippen molar-refractivity contribution in [3.05, 3.63) is 48.0 Å². The van der Waals surface area contributed by atoms with Crippen LogP contribution in [-0.2, 0) is 0 Å². The van der Waals surface area contributed by atoms with Gasteiger partial charge >= 0.3 is 0 Å². The minimum atomic E-state index is -0.298. The number of fused-ring (bicyclic) bond motifs is 1. The number of benzene rings is 2. The number of nitrogens with one attached hydrogen (secondary N) is 1. The van der Waals surface area contributed by atoms with Crippen molar-refractivity contribution in [1.82, 2.24) is 4.98 Å². The molecular weight excluding hydrogens is 276 g/mol. The standard InChI is InChI=1S/C14H10N2O3S/c17-9-3-1-8(2-4-9)13(19)16-14-15-11-6-5-10(18)7-12(11)20-14/h1-7,17-18H,(H,15,16,19). The maximum atomic E-state index is 12.0. The molecule has 6 heteroatoms. The van der Waals surface area contributed by atoms with Gasteiger partial charge in [0.15, 0.2) is 5.13 Å².